The highest BCUT2D eigenvalue weighted by Crippen LogP contribution is 2.39. The Morgan fingerprint density at radius 1 is 1.28 bits per heavy atom. The normalized spacial score (nSPS) is 17.8. The third-order valence-corrected chi connectivity index (χ3v) is 5.53. The number of nitrogens with zero attached hydrogens (tertiary/aromatic N) is 3. The van der Waals surface area contributed by atoms with Crippen LogP contribution in [-0.4, -0.2) is 26.0 Å². The van der Waals surface area contributed by atoms with Gasteiger partial charge in [0.1, 0.15) is 0 Å². The van der Waals surface area contributed by atoms with E-state index in [1.165, 1.54) is 24.0 Å². The molecule has 0 radical (unpaired) electrons. The first kappa shape index (κ1) is 14.9. The van der Waals surface area contributed by atoms with E-state index < -0.39 is 0 Å². The smallest absolute Gasteiger partial charge is 0.277 e. The summed E-state index contributed by atoms with van der Waals surface area (Å²) in [6.45, 7) is 4.65. The molecule has 128 valence electrons. The van der Waals surface area contributed by atoms with Gasteiger partial charge in [-0.1, -0.05) is 24.3 Å². The zero-order valence-electron chi connectivity index (χ0n) is 14.5. The van der Waals surface area contributed by atoms with Crippen LogP contribution in [0.5, 0.6) is 0 Å². The fourth-order valence-corrected chi connectivity index (χ4v) is 3.82. The molecule has 5 heteroatoms. The van der Waals surface area contributed by atoms with E-state index in [9.17, 15) is 4.79 Å². The largest absolute Gasteiger partial charge is 0.294 e. The van der Waals surface area contributed by atoms with Crippen molar-refractivity contribution in [3.8, 4) is 0 Å². The van der Waals surface area contributed by atoms with Crippen LogP contribution in [0.3, 0.4) is 0 Å². The molecule has 0 atom stereocenters. The van der Waals surface area contributed by atoms with E-state index in [-0.39, 0.29) is 5.56 Å². The van der Waals surface area contributed by atoms with Crippen LogP contribution in [0, 0.1) is 6.92 Å². The molecule has 5 nitrogen and oxygen atoms in total. The molecule has 0 bridgehead atoms. The molecule has 1 aliphatic heterocycles. The van der Waals surface area contributed by atoms with Crippen LogP contribution in [0.15, 0.2) is 35.1 Å². The highest BCUT2D eigenvalue weighted by atomic mass is 16.1. The predicted octanol–water partition coefficient (Wildman–Crippen LogP) is 2.77. The number of hydrogen-bond donors (Lipinski definition) is 1. The Labute approximate surface area is 146 Å². The summed E-state index contributed by atoms with van der Waals surface area (Å²) in [4.78, 5) is 20.1. The van der Waals surface area contributed by atoms with Gasteiger partial charge in [0.15, 0.2) is 5.65 Å². The lowest BCUT2D eigenvalue weighted by Crippen LogP contribution is -2.36. The van der Waals surface area contributed by atoms with Crippen LogP contribution in [0.25, 0.3) is 5.65 Å². The van der Waals surface area contributed by atoms with E-state index >= 15 is 0 Å². The zero-order chi connectivity index (χ0) is 17.0. The lowest BCUT2D eigenvalue weighted by Gasteiger charge is -2.28. The van der Waals surface area contributed by atoms with Crippen molar-refractivity contribution in [2.75, 3.05) is 6.54 Å². The molecule has 0 unspecified atom stereocenters. The Kier molecular flexibility index (Phi) is 3.31. The summed E-state index contributed by atoms with van der Waals surface area (Å²) in [7, 11) is 0. The molecule has 2 aliphatic rings. The SMILES string of the molecule is Cc1ccccc1CN1CCc2nc3cc(C4CC4)[nH]n3c(=O)c2C1. The maximum absolute atomic E-state index is 13.0. The van der Waals surface area contributed by atoms with Crippen molar-refractivity contribution in [1.82, 2.24) is 19.5 Å². The van der Waals surface area contributed by atoms with Crippen LogP contribution >= 0.6 is 0 Å². The second-order valence-electron chi connectivity index (χ2n) is 7.41. The second-order valence-corrected chi connectivity index (χ2v) is 7.41. The molecule has 2 aromatic heterocycles. The molecule has 0 saturated heterocycles. The molecule has 0 amide bonds. The van der Waals surface area contributed by atoms with Gasteiger partial charge in [-0.2, -0.15) is 0 Å². The van der Waals surface area contributed by atoms with Gasteiger partial charge in [0, 0.05) is 43.7 Å². The molecule has 1 aliphatic carbocycles. The van der Waals surface area contributed by atoms with Gasteiger partial charge in [-0.3, -0.25) is 14.8 Å². The lowest BCUT2D eigenvalue weighted by molar-refractivity contribution is 0.241. The number of aromatic nitrogens is 3. The highest BCUT2D eigenvalue weighted by Gasteiger charge is 2.27. The van der Waals surface area contributed by atoms with Crippen LogP contribution in [0.1, 0.15) is 46.8 Å². The molecular weight excluding hydrogens is 312 g/mol. The maximum atomic E-state index is 13.0. The van der Waals surface area contributed by atoms with Gasteiger partial charge < -0.3 is 0 Å². The molecule has 1 aromatic carbocycles. The summed E-state index contributed by atoms with van der Waals surface area (Å²) in [6, 6.07) is 10.5. The van der Waals surface area contributed by atoms with Crippen molar-refractivity contribution < 1.29 is 0 Å². The minimum Gasteiger partial charge on any atom is -0.294 e. The first-order valence-corrected chi connectivity index (χ1v) is 9.09. The summed E-state index contributed by atoms with van der Waals surface area (Å²) in [6.07, 6.45) is 3.27. The van der Waals surface area contributed by atoms with Crippen molar-refractivity contribution in [2.45, 2.75) is 45.2 Å². The van der Waals surface area contributed by atoms with Gasteiger partial charge in [-0.25, -0.2) is 9.50 Å². The van der Waals surface area contributed by atoms with Gasteiger partial charge >= 0.3 is 0 Å². The number of aryl methyl sites for hydroxylation is 1. The topological polar surface area (TPSA) is 53.4 Å². The third kappa shape index (κ3) is 2.59. The van der Waals surface area contributed by atoms with Crippen molar-refractivity contribution >= 4 is 5.65 Å². The molecule has 25 heavy (non-hydrogen) atoms. The summed E-state index contributed by atoms with van der Waals surface area (Å²) in [5.41, 5.74) is 6.46. The van der Waals surface area contributed by atoms with Crippen molar-refractivity contribution in [3.63, 3.8) is 0 Å². The van der Waals surface area contributed by atoms with Gasteiger partial charge in [0.2, 0.25) is 0 Å². The average molecular weight is 334 g/mol. The Hall–Kier alpha value is -2.40. The van der Waals surface area contributed by atoms with Crippen LogP contribution in [-0.2, 0) is 19.5 Å². The molecule has 3 heterocycles. The predicted molar refractivity (Wildman–Crippen MR) is 96.8 cm³/mol. The van der Waals surface area contributed by atoms with E-state index in [0.717, 1.165) is 42.1 Å². The number of H-pyrrole nitrogens is 1. The first-order chi connectivity index (χ1) is 12.2. The zero-order valence-corrected chi connectivity index (χ0v) is 14.5. The Bertz CT molecular complexity index is 1010. The van der Waals surface area contributed by atoms with Crippen LogP contribution in [0.2, 0.25) is 0 Å². The number of aromatic amines is 1. The monoisotopic (exact) mass is 334 g/mol. The van der Waals surface area contributed by atoms with E-state index in [1.54, 1.807) is 4.52 Å². The van der Waals surface area contributed by atoms with Gasteiger partial charge in [0.25, 0.3) is 5.56 Å². The van der Waals surface area contributed by atoms with E-state index in [0.29, 0.717) is 12.5 Å². The quantitative estimate of drug-likeness (QED) is 0.801. The average Bonchev–Trinajstić information content (AvgIpc) is 3.38. The fourth-order valence-electron chi connectivity index (χ4n) is 3.82. The fraction of sp³-hybridized carbons (Fsp3) is 0.400. The van der Waals surface area contributed by atoms with Crippen molar-refractivity contribution in [1.29, 1.82) is 0 Å². The number of hydrogen-bond acceptors (Lipinski definition) is 3. The maximum Gasteiger partial charge on any atom is 0.277 e. The molecule has 1 N–H and O–H groups in total. The molecule has 0 spiro atoms. The standard InChI is InChI=1S/C20H22N4O/c1-13-4-2-3-5-15(13)11-23-9-8-17-16(12-23)20(25)24-19(21-17)10-18(22-24)14-6-7-14/h2-5,10,14,22H,6-9,11-12H2,1H3. The summed E-state index contributed by atoms with van der Waals surface area (Å²) in [5.74, 6) is 0.593. The molecule has 5 rings (SSSR count). The summed E-state index contributed by atoms with van der Waals surface area (Å²) < 4.78 is 1.64. The van der Waals surface area contributed by atoms with Gasteiger partial charge in [-0.05, 0) is 30.9 Å². The summed E-state index contributed by atoms with van der Waals surface area (Å²) in [5, 5.41) is 3.27. The van der Waals surface area contributed by atoms with E-state index in [1.807, 2.05) is 0 Å². The lowest BCUT2D eigenvalue weighted by atomic mass is 10.0. The first-order valence-electron chi connectivity index (χ1n) is 9.09. The highest BCUT2D eigenvalue weighted by molar-refractivity contribution is 5.44. The molecular formula is C20H22N4O. The van der Waals surface area contributed by atoms with Crippen molar-refractivity contribution in [2.24, 2.45) is 0 Å². The number of benzene rings is 1. The number of fused-ring (bicyclic) bond motifs is 2. The van der Waals surface area contributed by atoms with Crippen LogP contribution in [0.4, 0.5) is 0 Å². The van der Waals surface area contributed by atoms with Crippen molar-refractivity contribution in [3.05, 3.63) is 68.8 Å². The summed E-state index contributed by atoms with van der Waals surface area (Å²) >= 11 is 0. The number of rotatable bonds is 3. The molecule has 3 aromatic rings. The second kappa shape index (κ2) is 5.56. The van der Waals surface area contributed by atoms with Crippen LogP contribution < -0.4 is 5.56 Å². The van der Waals surface area contributed by atoms with Gasteiger partial charge in [0.05, 0.1) is 11.3 Å². The van der Waals surface area contributed by atoms with E-state index in [2.05, 4.69) is 47.3 Å². The van der Waals surface area contributed by atoms with Gasteiger partial charge in [-0.15, -0.1) is 0 Å². The molecule has 1 saturated carbocycles. The Morgan fingerprint density at radius 3 is 2.92 bits per heavy atom. The Balaban J connectivity index is 1.48. The number of nitrogens with one attached hydrogen (secondary N) is 1. The third-order valence-electron chi connectivity index (χ3n) is 5.53. The minimum atomic E-state index is 0.0707. The molecule has 1 fully saturated rings. The van der Waals surface area contributed by atoms with E-state index in [4.69, 9.17) is 4.98 Å². The Morgan fingerprint density at radius 2 is 2.12 bits per heavy atom. The minimum absolute atomic E-state index is 0.0707.